The first-order valence-corrected chi connectivity index (χ1v) is 7.93. The second-order valence-electron chi connectivity index (χ2n) is 5.63. The number of carbonyl (C=O) groups excluding carboxylic acids is 2. The number of aryl methyl sites for hydroxylation is 1. The molecule has 22 heavy (non-hydrogen) atoms. The van der Waals surface area contributed by atoms with Gasteiger partial charge in [-0.15, -0.1) is 0 Å². The van der Waals surface area contributed by atoms with Gasteiger partial charge < -0.3 is 5.32 Å². The van der Waals surface area contributed by atoms with Gasteiger partial charge in [-0.25, -0.2) is 0 Å². The summed E-state index contributed by atoms with van der Waals surface area (Å²) in [4.78, 5) is 23.8. The first-order chi connectivity index (χ1) is 10.6. The van der Waals surface area contributed by atoms with Gasteiger partial charge in [-0.2, -0.15) is 0 Å². The van der Waals surface area contributed by atoms with Gasteiger partial charge >= 0.3 is 0 Å². The Labute approximate surface area is 135 Å². The van der Waals surface area contributed by atoms with Gasteiger partial charge in [0.1, 0.15) is 0 Å². The normalized spacial score (nSPS) is 14.4. The monoisotopic (exact) mass is 319 g/mol. The van der Waals surface area contributed by atoms with E-state index in [0.29, 0.717) is 17.9 Å². The molecule has 1 aliphatic carbocycles. The van der Waals surface area contributed by atoms with Crippen molar-refractivity contribution >= 4 is 29.1 Å². The summed E-state index contributed by atoms with van der Waals surface area (Å²) in [6.07, 6.45) is 5.11. The Hall–Kier alpha value is -1.95. The second kappa shape index (κ2) is 7.89. The minimum absolute atomic E-state index is 0.102. The van der Waals surface area contributed by atoms with Crippen LogP contribution in [0.2, 0.25) is 0 Å². The van der Waals surface area contributed by atoms with Crippen molar-refractivity contribution in [3.63, 3.8) is 0 Å². The van der Waals surface area contributed by atoms with Gasteiger partial charge in [0, 0.05) is 12.0 Å². The molecule has 0 aromatic heterocycles. The van der Waals surface area contributed by atoms with Crippen molar-refractivity contribution in [3.8, 4) is 0 Å². The number of nitrogens with one attached hydrogen (secondary N) is 3. The van der Waals surface area contributed by atoms with E-state index in [1.165, 1.54) is 12.8 Å². The molecule has 0 unspecified atom stereocenters. The fourth-order valence-electron chi connectivity index (χ4n) is 2.69. The lowest BCUT2D eigenvalue weighted by molar-refractivity contribution is -0.120. The molecule has 0 heterocycles. The predicted octanol–water partition coefficient (Wildman–Crippen LogP) is 2.21. The second-order valence-corrected chi connectivity index (χ2v) is 6.03. The third-order valence-electron chi connectivity index (χ3n) is 3.88. The summed E-state index contributed by atoms with van der Waals surface area (Å²) in [5.74, 6) is 0.0735. The zero-order valence-corrected chi connectivity index (χ0v) is 13.5. The van der Waals surface area contributed by atoms with Gasteiger partial charge in [-0.3, -0.25) is 20.4 Å². The van der Waals surface area contributed by atoms with Crippen molar-refractivity contribution in [2.75, 3.05) is 0 Å². The highest BCUT2D eigenvalue weighted by Crippen LogP contribution is 2.27. The van der Waals surface area contributed by atoms with E-state index < -0.39 is 0 Å². The van der Waals surface area contributed by atoms with Crippen LogP contribution in [0.15, 0.2) is 24.3 Å². The SMILES string of the molecule is Cc1ccccc1C(=O)NNC(=S)NC(=O)CC1CCCC1. The maximum absolute atomic E-state index is 12.0. The lowest BCUT2D eigenvalue weighted by Gasteiger charge is -2.13. The molecule has 0 aliphatic heterocycles. The molecule has 0 spiro atoms. The fraction of sp³-hybridized carbons (Fsp3) is 0.438. The Morgan fingerprint density at radius 3 is 2.55 bits per heavy atom. The van der Waals surface area contributed by atoms with Crippen LogP contribution < -0.4 is 16.2 Å². The highest BCUT2D eigenvalue weighted by Gasteiger charge is 2.19. The summed E-state index contributed by atoms with van der Waals surface area (Å²) in [6, 6.07) is 7.25. The zero-order chi connectivity index (χ0) is 15.9. The van der Waals surface area contributed by atoms with Crippen molar-refractivity contribution in [2.24, 2.45) is 5.92 Å². The summed E-state index contributed by atoms with van der Waals surface area (Å²) in [6.45, 7) is 1.86. The molecule has 1 aliphatic rings. The van der Waals surface area contributed by atoms with E-state index in [1.807, 2.05) is 19.1 Å². The standard InChI is InChI=1S/C16H21N3O2S/c1-11-6-2-5-9-13(11)15(21)18-19-16(22)17-14(20)10-12-7-3-4-8-12/h2,5-6,9,12H,3-4,7-8,10H2,1H3,(H,18,21)(H2,17,19,20,22). The van der Waals surface area contributed by atoms with Gasteiger partial charge in [-0.1, -0.05) is 31.0 Å². The van der Waals surface area contributed by atoms with Gasteiger partial charge in [0.25, 0.3) is 5.91 Å². The molecular formula is C16H21N3O2S. The van der Waals surface area contributed by atoms with E-state index in [2.05, 4.69) is 16.2 Å². The van der Waals surface area contributed by atoms with E-state index in [0.717, 1.165) is 18.4 Å². The van der Waals surface area contributed by atoms with Crippen LogP contribution in [-0.2, 0) is 4.79 Å². The lowest BCUT2D eigenvalue weighted by Crippen LogP contribution is -2.48. The maximum atomic E-state index is 12.0. The summed E-state index contributed by atoms with van der Waals surface area (Å²) < 4.78 is 0. The van der Waals surface area contributed by atoms with Crippen LogP contribution in [0, 0.1) is 12.8 Å². The topological polar surface area (TPSA) is 70.2 Å². The van der Waals surface area contributed by atoms with Crippen LogP contribution >= 0.6 is 12.2 Å². The number of amides is 2. The Morgan fingerprint density at radius 1 is 1.18 bits per heavy atom. The number of thiocarbonyl (C=S) groups is 1. The molecule has 5 nitrogen and oxygen atoms in total. The molecule has 0 radical (unpaired) electrons. The Bertz CT molecular complexity index is 568. The van der Waals surface area contributed by atoms with E-state index in [9.17, 15) is 9.59 Å². The third kappa shape index (κ3) is 4.80. The number of hydrogen-bond donors (Lipinski definition) is 3. The van der Waals surface area contributed by atoms with Crippen LogP contribution in [-0.4, -0.2) is 16.9 Å². The summed E-state index contributed by atoms with van der Waals surface area (Å²) in [5.41, 5.74) is 6.50. The minimum atomic E-state index is -0.287. The summed E-state index contributed by atoms with van der Waals surface area (Å²) >= 11 is 5.01. The Kier molecular flexibility index (Phi) is 5.89. The minimum Gasteiger partial charge on any atom is -0.302 e. The molecule has 0 bridgehead atoms. The third-order valence-corrected chi connectivity index (χ3v) is 4.09. The number of carbonyl (C=O) groups is 2. The number of rotatable bonds is 3. The van der Waals surface area contributed by atoms with Gasteiger partial charge in [0.2, 0.25) is 5.91 Å². The molecule has 118 valence electrons. The van der Waals surface area contributed by atoms with Crippen LogP contribution in [0.1, 0.15) is 48.0 Å². The lowest BCUT2D eigenvalue weighted by atomic mass is 10.0. The number of hydrazine groups is 1. The molecule has 1 fully saturated rings. The molecule has 0 atom stereocenters. The maximum Gasteiger partial charge on any atom is 0.269 e. The van der Waals surface area contributed by atoms with Crippen LogP contribution in [0.3, 0.4) is 0 Å². The number of benzene rings is 1. The molecule has 1 saturated carbocycles. The van der Waals surface area contributed by atoms with E-state index in [4.69, 9.17) is 12.2 Å². The average molecular weight is 319 g/mol. The van der Waals surface area contributed by atoms with Crippen LogP contribution in [0.5, 0.6) is 0 Å². The van der Waals surface area contributed by atoms with Crippen LogP contribution in [0.4, 0.5) is 0 Å². The van der Waals surface area contributed by atoms with Gasteiger partial charge in [-0.05, 0) is 49.5 Å². The largest absolute Gasteiger partial charge is 0.302 e. The highest BCUT2D eigenvalue weighted by molar-refractivity contribution is 7.80. The molecule has 6 heteroatoms. The smallest absolute Gasteiger partial charge is 0.269 e. The van der Waals surface area contributed by atoms with Crippen molar-refractivity contribution in [1.29, 1.82) is 0 Å². The molecule has 2 amide bonds. The van der Waals surface area contributed by atoms with Crippen molar-refractivity contribution in [3.05, 3.63) is 35.4 Å². The molecule has 2 rings (SSSR count). The molecule has 1 aromatic carbocycles. The Balaban J connectivity index is 1.74. The Morgan fingerprint density at radius 2 is 1.86 bits per heavy atom. The summed E-state index contributed by atoms with van der Waals surface area (Å²) in [5, 5.41) is 2.71. The van der Waals surface area contributed by atoms with E-state index in [1.54, 1.807) is 12.1 Å². The van der Waals surface area contributed by atoms with E-state index >= 15 is 0 Å². The summed E-state index contributed by atoms with van der Waals surface area (Å²) in [7, 11) is 0. The fourth-order valence-corrected chi connectivity index (χ4v) is 2.86. The molecule has 3 N–H and O–H groups in total. The zero-order valence-electron chi connectivity index (χ0n) is 12.6. The van der Waals surface area contributed by atoms with E-state index in [-0.39, 0.29) is 16.9 Å². The van der Waals surface area contributed by atoms with Crippen molar-refractivity contribution in [1.82, 2.24) is 16.2 Å². The highest BCUT2D eigenvalue weighted by atomic mass is 32.1. The van der Waals surface area contributed by atoms with Gasteiger partial charge in [0.15, 0.2) is 5.11 Å². The van der Waals surface area contributed by atoms with Crippen LogP contribution in [0.25, 0.3) is 0 Å². The first-order valence-electron chi connectivity index (χ1n) is 7.52. The molecule has 1 aromatic rings. The molecule has 0 saturated heterocycles. The first kappa shape index (κ1) is 16.4. The predicted molar refractivity (Wildman–Crippen MR) is 89.1 cm³/mol. The molecular weight excluding hydrogens is 298 g/mol. The van der Waals surface area contributed by atoms with Gasteiger partial charge in [0.05, 0.1) is 0 Å². The average Bonchev–Trinajstić information content (AvgIpc) is 2.98. The van der Waals surface area contributed by atoms with Crippen molar-refractivity contribution in [2.45, 2.75) is 39.0 Å². The quantitative estimate of drug-likeness (QED) is 0.590. The number of hydrogen-bond acceptors (Lipinski definition) is 3. The van der Waals surface area contributed by atoms with Crippen molar-refractivity contribution < 1.29 is 9.59 Å².